The average Bonchev–Trinajstić information content (AvgIpc) is 2.70. The lowest BCUT2D eigenvalue weighted by Crippen LogP contribution is -2.25. The molecule has 1 saturated heterocycles. The van der Waals surface area contributed by atoms with Crippen LogP contribution in [0.25, 0.3) is 0 Å². The summed E-state index contributed by atoms with van der Waals surface area (Å²) < 4.78 is 9.96. The van der Waals surface area contributed by atoms with E-state index in [9.17, 15) is 4.79 Å². The molecule has 1 atom stereocenters. The van der Waals surface area contributed by atoms with Crippen LogP contribution >= 0.6 is 11.6 Å². The van der Waals surface area contributed by atoms with Crippen molar-refractivity contribution in [3.63, 3.8) is 0 Å². The molecule has 1 N–H and O–H groups in total. The number of nitrogens with zero attached hydrogens (tertiary/aromatic N) is 1. The Bertz CT molecular complexity index is 437. The average molecular weight is 258 g/mol. The van der Waals surface area contributed by atoms with E-state index in [0.717, 1.165) is 0 Å². The molecule has 6 heteroatoms. The van der Waals surface area contributed by atoms with Gasteiger partial charge < -0.3 is 14.6 Å². The van der Waals surface area contributed by atoms with Crippen LogP contribution in [0.1, 0.15) is 0 Å². The second-order valence-electron chi connectivity index (χ2n) is 3.62. The van der Waals surface area contributed by atoms with E-state index in [1.807, 2.05) is 0 Å². The number of cyclic esters (lactones) is 1. The largest absolute Gasteiger partial charge is 0.495 e. The Morgan fingerprint density at radius 3 is 2.94 bits per heavy atom. The molecule has 1 aromatic rings. The Labute approximate surface area is 103 Å². The van der Waals surface area contributed by atoms with Crippen molar-refractivity contribution in [2.24, 2.45) is 0 Å². The van der Waals surface area contributed by atoms with Gasteiger partial charge in [0.15, 0.2) is 0 Å². The number of aliphatic hydroxyl groups is 1. The second kappa shape index (κ2) is 4.81. The molecule has 1 amide bonds. The van der Waals surface area contributed by atoms with Crippen molar-refractivity contribution in [3.8, 4) is 5.75 Å². The molecule has 0 spiro atoms. The van der Waals surface area contributed by atoms with E-state index < -0.39 is 12.2 Å². The Morgan fingerprint density at radius 1 is 1.65 bits per heavy atom. The van der Waals surface area contributed by atoms with Crippen molar-refractivity contribution in [3.05, 3.63) is 23.2 Å². The van der Waals surface area contributed by atoms with Gasteiger partial charge in [-0.25, -0.2) is 4.79 Å². The lowest BCUT2D eigenvalue weighted by atomic mass is 10.2. The van der Waals surface area contributed by atoms with Crippen LogP contribution in [0.3, 0.4) is 0 Å². The van der Waals surface area contributed by atoms with E-state index >= 15 is 0 Å². The van der Waals surface area contributed by atoms with Crippen LogP contribution < -0.4 is 9.64 Å². The minimum Gasteiger partial charge on any atom is -0.495 e. The van der Waals surface area contributed by atoms with Crippen LogP contribution in [0.15, 0.2) is 18.2 Å². The predicted octanol–water partition coefficient (Wildman–Crippen LogP) is 1.67. The number of benzene rings is 1. The van der Waals surface area contributed by atoms with E-state index in [0.29, 0.717) is 23.0 Å². The molecule has 0 radical (unpaired) electrons. The highest BCUT2D eigenvalue weighted by Crippen LogP contribution is 2.30. The number of rotatable bonds is 3. The Kier molecular flexibility index (Phi) is 3.40. The van der Waals surface area contributed by atoms with Gasteiger partial charge in [-0.1, -0.05) is 11.6 Å². The van der Waals surface area contributed by atoms with Crippen LogP contribution in [0.2, 0.25) is 5.02 Å². The summed E-state index contributed by atoms with van der Waals surface area (Å²) >= 11 is 5.97. The summed E-state index contributed by atoms with van der Waals surface area (Å²) in [6, 6.07) is 5.02. The van der Waals surface area contributed by atoms with Gasteiger partial charge in [0, 0.05) is 5.69 Å². The van der Waals surface area contributed by atoms with E-state index in [1.54, 1.807) is 18.2 Å². The summed E-state index contributed by atoms with van der Waals surface area (Å²) in [5, 5.41) is 9.36. The van der Waals surface area contributed by atoms with E-state index in [-0.39, 0.29) is 6.61 Å². The van der Waals surface area contributed by atoms with Gasteiger partial charge in [-0.05, 0) is 18.2 Å². The number of halogens is 1. The van der Waals surface area contributed by atoms with Crippen molar-refractivity contribution in [1.82, 2.24) is 0 Å². The second-order valence-corrected chi connectivity index (χ2v) is 4.02. The van der Waals surface area contributed by atoms with Crippen LogP contribution in [-0.2, 0) is 4.74 Å². The van der Waals surface area contributed by atoms with E-state index in [2.05, 4.69) is 0 Å². The lowest BCUT2D eigenvalue weighted by molar-refractivity contribution is 0.0963. The molecular formula is C11H12ClNO4. The molecule has 1 heterocycles. The molecule has 1 fully saturated rings. The number of anilines is 1. The Morgan fingerprint density at radius 2 is 2.41 bits per heavy atom. The topological polar surface area (TPSA) is 59.0 Å². The summed E-state index contributed by atoms with van der Waals surface area (Å²) in [7, 11) is 1.52. The number of amides is 1. The number of methoxy groups -OCH3 is 1. The van der Waals surface area contributed by atoms with Crippen molar-refractivity contribution in [2.75, 3.05) is 25.2 Å². The molecular weight excluding hydrogens is 246 g/mol. The first kappa shape index (κ1) is 12.0. The van der Waals surface area contributed by atoms with Crippen LogP contribution in [0, 0.1) is 0 Å². The molecule has 0 aromatic heterocycles. The number of carbonyl (C=O) groups excluding carboxylic acids is 1. The Hall–Kier alpha value is -1.46. The highest BCUT2D eigenvalue weighted by molar-refractivity contribution is 6.32. The van der Waals surface area contributed by atoms with Crippen LogP contribution in [0.4, 0.5) is 10.5 Å². The number of hydrogen-bond acceptors (Lipinski definition) is 4. The van der Waals surface area contributed by atoms with Gasteiger partial charge in [0.05, 0.1) is 25.3 Å². The maximum atomic E-state index is 11.5. The fourth-order valence-corrected chi connectivity index (χ4v) is 1.90. The van der Waals surface area contributed by atoms with Crippen molar-refractivity contribution < 1.29 is 19.4 Å². The maximum Gasteiger partial charge on any atom is 0.414 e. The third-order valence-corrected chi connectivity index (χ3v) is 2.82. The molecule has 0 saturated carbocycles. The predicted molar refractivity (Wildman–Crippen MR) is 62.7 cm³/mol. The normalized spacial score (nSPS) is 19.4. The van der Waals surface area contributed by atoms with E-state index in [4.69, 9.17) is 26.2 Å². The highest BCUT2D eigenvalue weighted by atomic mass is 35.5. The molecule has 5 nitrogen and oxygen atoms in total. The summed E-state index contributed by atoms with van der Waals surface area (Å²) in [6.45, 7) is 0.129. The molecule has 0 unspecified atom stereocenters. The standard InChI is InChI=1S/C11H12ClNO4/c1-16-10-3-2-7(4-9(10)12)13-5-8(6-14)17-11(13)15/h2-4,8,14H,5-6H2,1H3/t8-/m1/s1. The Balaban J connectivity index is 2.23. The minimum atomic E-state index is -0.483. The first-order valence-electron chi connectivity index (χ1n) is 5.08. The molecule has 1 aromatic carbocycles. The molecule has 0 bridgehead atoms. The van der Waals surface area contributed by atoms with Crippen molar-refractivity contribution >= 4 is 23.4 Å². The van der Waals surface area contributed by atoms with Crippen LogP contribution in [-0.4, -0.2) is 37.6 Å². The molecule has 17 heavy (non-hydrogen) atoms. The third-order valence-electron chi connectivity index (χ3n) is 2.52. The summed E-state index contributed by atoms with van der Waals surface area (Å²) in [4.78, 5) is 13.0. The number of hydrogen-bond donors (Lipinski definition) is 1. The molecule has 2 rings (SSSR count). The molecule has 1 aliphatic rings. The third kappa shape index (κ3) is 2.30. The zero-order valence-corrected chi connectivity index (χ0v) is 9.98. The number of ether oxygens (including phenoxy) is 2. The molecule has 1 aliphatic heterocycles. The summed E-state index contributed by atoms with van der Waals surface area (Å²) in [5.74, 6) is 0.543. The first-order valence-corrected chi connectivity index (χ1v) is 5.46. The molecule has 92 valence electrons. The fourth-order valence-electron chi connectivity index (χ4n) is 1.65. The smallest absolute Gasteiger partial charge is 0.414 e. The van der Waals surface area contributed by atoms with Gasteiger partial charge >= 0.3 is 6.09 Å². The van der Waals surface area contributed by atoms with Crippen LogP contribution in [0.5, 0.6) is 5.75 Å². The zero-order chi connectivity index (χ0) is 12.4. The first-order chi connectivity index (χ1) is 8.15. The monoisotopic (exact) mass is 257 g/mol. The summed E-state index contributed by atoms with van der Waals surface area (Å²) in [5.41, 5.74) is 0.622. The van der Waals surface area contributed by atoms with Gasteiger partial charge in [0.25, 0.3) is 0 Å². The van der Waals surface area contributed by atoms with Gasteiger partial charge in [-0.2, -0.15) is 0 Å². The van der Waals surface area contributed by atoms with Gasteiger partial charge in [-0.15, -0.1) is 0 Å². The maximum absolute atomic E-state index is 11.5. The highest BCUT2D eigenvalue weighted by Gasteiger charge is 2.31. The van der Waals surface area contributed by atoms with Gasteiger partial charge in [-0.3, -0.25) is 4.90 Å². The number of carbonyl (C=O) groups is 1. The van der Waals surface area contributed by atoms with Gasteiger partial charge in [0.2, 0.25) is 0 Å². The molecule has 0 aliphatic carbocycles. The summed E-state index contributed by atoms with van der Waals surface area (Å²) in [6.07, 6.45) is -0.964. The zero-order valence-electron chi connectivity index (χ0n) is 9.22. The number of aliphatic hydroxyl groups excluding tert-OH is 1. The van der Waals surface area contributed by atoms with Crippen molar-refractivity contribution in [1.29, 1.82) is 0 Å². The lowest BCUT2D eigenvalue weighted by Gasteiger charge is -2.14. The van der Waals surface area contributed by atoms with Gasteiger partial charge in [0.1, 0.15) is 11.9 Å². The quantitative estimate of drug-likeness (QED) is 0.895. The van der Waals surface area contributed by atoms with E-state index in [1.165, 1.54) is 12.0 Å². The minimum absolute atomic E-state index is 0.188. The SMILES string of the molecule is COc1ccc(N2C[C@H](CO)OC2=O)cc1Cl. The fraction of sp³-hybridized carbons (Fsp3) is 0.364. The van der Waals surface area contributed by atoms with Crippen molar-refractivity contribution in [2.45, 2.75) is 6.10 Å².